The molecule has 8 heteroatoms. The zero-order chi connectivity index (χ0) is 22.3. The van der Waals surface area contributed by atoms with Gasteiger partial charge in [0, 0.05) is 24.7 Å². The minimum atomic E-state index is -0.775. The zero-order valence-electron chi connectivity index (χ0n) is 18.0. The Morgan fingerprint density at radius 3 is 2.56 bits per heavy atom. The number of fused-ring (bicyclic) bond motifs is 1. The van der Waals surface area contributed by atoms with Crippen LogP contribution in [-0.2, 0) is 5.66 Å². The Kier molecular flexibility index (Phi) is 5.47. The van der Waals surface area contributed by atoms with Gasteiger partial charge in [-0.1, -0.05) is 41.9 Å². The summed E-state index contributed by atoms with van der Waals surface area (Å²) < 4.78 is 15.3. The van der Waals surface area contributed by atoms with Gasteiger partial charge in [-0.3, -0.25) is 14.7 Å². The number of aromatic nitrogens is 1. The van der Waals surface area contributed by atoms with Crippen molar-refractivity contribution >= 4 is 28.5 Å². The van der Waals surface area contributed by atoms with Crippen molar-refractivity contribution in [2.24, 2.45) is 0 Å². The minimum Gasteiger partial charge on any atom is -0.392 e. The number of carbonyl (C=O) groups excluding carboxylic acids is 1. The lowest BCUT2D eigenvalue weighted by Crippen LogP contribution is -2.58. The van der Waals surface area contributed by atoms with E-state index < -0.39 is 11.2 Å². The van der Waals surface area contributed by atoms with Gasteiger partial charge in [0.15, 0.2) is 6.73 Å². The lowest BCUT2D eigenvalue weighted by molar-refractivity contribution is -0.00944. The first-order chi connectivity index (χ1) is 15.5. The lowest BCUT2D eigenvalue weighted by atomic mass is 9.97. The number of urea groups is 1. The molecule has 2 atom stereocenters. The summed E-state index contributed by atoms with van der Waals surface area (Å²) in [5.74, 6) is -0.304. The molecule has 2 aromatic carbocycles. The van der Waals surface area contributed by atoms with E-state index >= 15 is 0 Å². The van der Waals surface area contributed by atoms with E-state index in [0.717, 1.165) is 42.4 Å². The van der Waals surface area contributed by atoms with Crippen LogP contribution < -0.4 is 4.84 Å². The Balaban J connectivity index is 1.40. The fraction of sp³-hybridized carbons (Fsp3) is 0.375. The van der Waals surface area contributed by atoms with Gasteiger partial charge in [0.1, 0.15) is 17.0 Å². The Bertz CT molecular complexity index is 1110. The molecule has 6 nitrogen and oxygen atoms in total. The summed E-state index contributed by atoms with van der Waals surface area (Å²) in [6.07, 6.45) is 3.95. The first-order valence-electron chi connectivity index (χ1n) is 10.9. The first-order valence-corrected chi connectivity index (χ1v) is 11.3. The maximum absolute atomic E-state index is 13.6. The maximum Gasteiger partial charge on any atom is 0.325 e. The number of benzene rings is 2. The van der Waals surface area contributed by atoms with Crippen LogP contribution in [-0.4, -0.2) is 57.3 Å². The maximum atomic E-state index is 13.6. The Morgan fingerprint density at radius 1 is 1.09 bits per heavy atom. The van der Waals surface area contributed by atoms with Gasteiger partial charge in [0.2, 0.25) is 0 Å². The van der Waals surface area contributed by atoms with Crippen LogP contribution in [0.1, 0.15) is 25.3 Å². The molecule has 32 heavy (non-hydrogen) atoms. The average Bonchev–Trinajstić information content (AvgIpc) is 3.52. The molecule has 3 aromatic rings. The van der Waals surface area contributed by atoms with E-state index in [0.29, 0.717) is 6.54 Å². The van der Waals surface area contributed by atoms with Crippen molar-refractivity contribution in [1.82, 2.24) is 19.4 Å². The van der Waals surface area contributed by atoms with Gasteiger partial charge in [-0.25, -0.2) is 9.18 Å². The molecule has 2 saturated heterocycles. The number of halogens is 2. The Morgan fingerprint density at radius 2 is 1.81 bits per heavy atom. The standard InChI is InChI=1S/C24H26ClFN4O2/c1-24(28-13-4-5-14-28,19-8-10-20(26)11-9-19)30-22(25)16-27(23(30)31)17-32-29-15-12-18-6-2-3-7-21(18)29/h2-3,6-12,15,22H,4-5,13-14,16-17H2,1H3. The van der Waals surface area contributed by atoms with Crippen LogP contribution in [0.5, 0.6) is 0 Å². The van der Waals surface area contributed by atoms with E-state index in [4.69, 9.17) is 16.4 Å². The van der Waals surface area contributed by atoms with Crippen LogP contribution in [0.25, 0.3) is 10.9 Å². The average molecular weight is 457 g/mol. The largest absolute Gasteiger partial charge is 0.392 e. The molecular weight excluding hydrogens is 431 g/mol. The van der Waals surface area contributed by atoms with Crippen LogP contribution in [0.4, 0.5) is 9.18 Å². The number of rotatable bonds is 6. The molecule has 2 unspecified atom stereocenters. The zero-order valence-corrected chi connectivity index (χ0v) is 18.7. The molecule has 0 bridgehead atoms. The summed E-state index contributed by atoms with van der Waals surface area (Å²) in [6, 6.07) is 16.0. The van der Waals surface area contributed by atoms with E-state index in [-0.39, 0.29) is 18.6 Å². The molecule has 0 radical (unpaired) electrons. The molecule has 0 aliphatic carbocycles. The van der Waals surface area contributed by atoms with Crippen LogP contribution in [0.2, 0.25) is 0 Å². The second kappa shape index (κ2) is 8.30. The number of likely N-dealkylation sites (tertiary alicyclic amines) is 1. The van der Waals surface area contributed by atoms with Gasteiger partial charge in [-0.15, -0.1) is 0 Å². The smallest absolute Gasteiger partial charge is 0.325 e. The second-order valence-electron chi connectivity index (χ2n) is 8.49. The van der Waals surface area contributed by atoms with Crippen molar-refractivity contribution in [3.8, 4) is 0 Å². The third-order valence-corrected chi connectivity index (χ3v) is 6.96. The third-order valence-electron chi connectivity index (χ3n) is 6.63. The first kappa shape index (κ1) is 21.1. The lowest BCUT2D eigenvalue weighted by Gasteiger charge is -2.46. The summed E-state index contributed by atoms with van der Waals surface area (Å²) in [7, 11) is 0. The summed E-state index contributed by atoms with van der Waals surface area (Å²) in [5, 5.41) is 1.06. The van der Waals surface area contributed by atoms with Crippen molar-refractivity contribution in [1.29, 1.82) is 0 Å². The number of para-hydroxylation sites is 1. The van der Waals surface area contributed by atoms with Crippen LogP contribution in [0, 0.1) is 5.82 Å². The van der Waals surface area contributed by atoms with Crippen molar-refractivity contribution in [3.63, 3.8) is 0 Å². The molecule has 1 aromatic heterocycles. The molecule has 5 rings (SSSR count). The molecule has 0 N–H and O–H groups in total. The summed E-state index contributed by atoms with van der Waals surface area (Å²) in [6.45, 7) is 4.13. The second-order valence-corrected chi connectivity index (χ2v) is 8.99. The van der Waals surface area contributed by atoms with E-state index in [9.17, 15) is 9.18 Å². The van der Waals surface area contributed by atoms with Gasteiger partial charge in [0.25, 0.3) is 0 Å². The predicted molar refractivity (Wildman–Crippen MR) is 122 cm³/mol. The predicted octanol–water partition coefficient (Wildman–Crippen LogP) is 4.44. The molecule has 2 amide bonds. The number of alkyl halides is 1. The highest BCUT2D eigenvalue weighted by molar-refractivity contribution is 6.22. The van der Waals surface area contributed by atoms with Gasteiger partial charge in [-0.05, 0) is 49.6 Å². The molecule has 2 aliphatic heterocycles. The van der Waals surface area contributed by atoms with Crippen molar-refractivity contribution in [2.75, 3.05) is 26.4 Å². The van der Waals surface area contributed by atoms with Crippen LogP contribution in [0.3, 0.4) is 0 Å². The highest BCUT2D eigenvalue weighted by atomic mass is 35.5. The number of hydrogen-bond donors (Lipinski definition) is 0. The summed E-state index contributed by atoms with van der Waals surface area (Å²) in [5.41, 5.74) is 0.469. The van der Waals surface area contributed by atoms with E-state index in [1.54, 1.807) is 26.7 Å². The molecule has 0 spiro atoms. The van der Waals surface area contributed by atoms with Crippen LogP contribution >= 0.6 is 11.6 Å². The highest BCUT2D eigenvalue weighted by Crippen LogP contribution is 2.40. The highest BCUT2D eigenvalue weighted by Gasteiger charge is 2.51. The number of nitrogens with zero attached hydrogens (tertiary/aromatic N) is 4. The summed E-state index contributed by atoms with van der Waals surface area (Å²) in [4.78, 5) is 25.1. The molecular formula is C24H26ClFN4O2. The van der Waals surface area contributed by atoms with E-state index in [1.165, 1.54) is 12.1 Å². The number of amides is 2. The molecule has 0 saturated carbocycles. The Hall–Kier alpha value is -2.77. The van der Waals surface area contributed by atoms with Gasteiger partial charge in [-0.2, -0.15) is 4.73 Å². The van der Waals surface area contributed by atoms with Crippen molar-refractivity contribution < 1.29 is 14.0 Å². The van der Waals surface area contributed by atoms with E-state index in [2.05, 4.69) is 4.90 Å². The third kappa shape index (κ3) is 3.49. The normalized spacial score (nSPS) is 21.5. The van der Waals surface area contributed by atoms with Gasteiger partial charge >= 0.3 is 6.03 Å². The molecule has 168 valence electrons. The fourth-order valence-electron chi connectivity index (χ4n) is 4.87. The summed E-state index contributed by atoms with van der Waals surface area (Å²) >= 11 is 6.77. The molecule has 3 heterocycles. The number of carbonyl (C=O) groups is 1. The van der Waals surface area contributed by atoms with Crippen LogP contribution in [0.15, 0.2) is 60.8 Å². The van der Waals surface area contributed by atoms with Gasteiger partial charge < -0.3 is 4.84 Å². The topological polar surface area (TPSA) is 40.9 Å². The fourth-order valence-corrected chi connectivity index (χ4v) is 5.31. The quantitative estimate of drug-likeness (QED) is 0.407. The molecule has 2 fully saturated rings. The Labute approximate surface area is 191 Å². The van der Waals surface area contributed by atoms with Crippen molar-refractivity contribution in [3.05, 3.63) is 72.2 Å². The van der Waals surface area contributed by atoms with Crippen molar-refractivity contribution in [2.45, 2.75) is 30.9 Å². The number of hydrogen-bond acceptors (Lipinski definition) is 3. The molecule has 2 aliphatic rings. The SMILES string of the molecule is CC(c1ccc(F)cc1)(N1CCCC1)N1C(=O)N(COn2ccc3ccccc32)CC1Cl. The van der Waals surface area contributed by atoms with E-state index in [1.807, 2.05) is 43.5 Å². The minimum absolute atomic E-state index is 0.0801. The van der Waals surface area contributed by atoms with Gasteiger partial charge in [0.05, 0.1) is 12.1 Å². The monoisotopic (exact) mass is 456 g/mol.